The molecule has 19 heavy (non-hydrogen) atoms. The second-order valence-corrected chi connectivity index (χ2v) is 5.37. The van der Waals surface area contributed by atoms with Gasteiger partial charge in [-0.1, -0.05) is 38.3 Å². The molecule has 1 aliphatic rings. The average molecular weight is 264 g/mol. The zero-order chi connectivity index (χ0) is 13.6. The number of aliphatic hydroxyl groups is 1. The van der Waals surface area contributed by atoms with Gasteiger partial charge in [0.25, 0.3) is 0 Å². The number of hydrogen-bond donors (Lipinski definition) is 1. The van der Waals surface area contributed by atoms with Crippen molar-refractivity contribution in [2.45, 2.75) is 51.0 Å². The molecule has 0 aliphatic heterocycles. The first-order chi connectivity index (χ1) is 9.23. The first kappa shape index (κ1) is 14.2. The third-order valence-corrected chi connectivity index (χ3v) is 3.59. The van der Waals surface area contributed by atoms with E-state index < -0.39 is 5.60 Å². The first-order valence-electron chi connectivity index (χ1n) is 7.30. The van der Waals surface area contributed by atoms with E-state index in [0.717, 1.165) is 43.6 Å². The fourth-order valence-corrected chi connectivity index (χ4v) is 2.47. The van der Waals surface area contributed by atoms with Gasteiger partial charge in [-0.05, 0) is 31.4 Å². The highest BCUT2D eigenvalue weighted by Crippen LogP contribution is 2.31. The number of para-hydroxylation sites is 2. The van der Waals surface area contributed by atoms with Gasteiger partial charge in [0.15, 0.2) is 11.5 Å². The maximum absolute atomic E-state index is 10.4. The molecular formula is C16H24O3. The van der Waals surface area contributed by atoms with Crippen LogP contribution in [-0.4, -0.2) is 23.9 Å². The summed E-state index contributed by atoms with van der Waals surface area (Å²) in [6, 6.07) is 7.68. The van der Waals surface area contributed by atoms with Crippen molar-refractivity contribution in [2.75, 3.05) is 13.2 Å². The molecule has 0 radical (unpaired) electrons. The van der Waals surface area contributed by atoms with E-state index in [9.17, 15) is 5.11 Å². The van der Waals surface area contributed by atoms with E-state index in [0.29, 0.717) is 13.2 Å². The molecule has 3 heteroatoms. The van der Waals surface area contributed by atoms with Crippen molar-refractivity contribution in [1.29, 1.82) is 0 Å². The Labute approximate surface area is 115 Å². The van der Waals surface area contributed by atoms with Gasteiger partial charge in [-0.2, -0.15) is 0 Å². The van der Waals surface area contributed by atoms with Gasteiger partial charge in [-0.15, -0.1) is 0 Å². The summed E-state index contributed by atoms with van der Waals surface area (Å²) in [6.07, 6.45) is 6.05. The lowest BCUT2D eigenvalue weighted by atomic mass is 9.85. The maximum atomic E-state index is 10.4. The quantitative estimate of drug-likeness (QED) is 0.854. The Morgan fingerprint density at radius 2 is 1.68 bits per heavy atom. The Bertz CT molecular complexity index is 383. The molecule has 0 amide bonds. The molecule has 0 unspecified atom stereocenters. The average Bonchev–Trinajstić information content (AvgIpc) is 2.45. The molecule has 1 saturated carbocycles. The fourth-order valence-electron chi connectivity index (χ4n) is 2.47. The molecule has 2 rings (SSSR count). The van der Waals surface area contributed by atoms with Gasteiger partial charge < -0.3 is 14.6 Å². The summed E-state index contributed by atoms with van der Waals surface area (Å²) >= 11 is 0. The lowest BCUT2D eigenvalue weighted by Gasteiger charge is -2.31. The number of ether oxygens (including phenoxy) is 2. The van der Waals surface area contributed by atoms with Crippen molar-refractivity contribution in [2.24, 2.45) is 0 Å². The van der Waals surface area contributed by atoms with E-state index in [2.05, 4.69) is 6.92 Å². The summed E-state index contributed by atoms with van der Waals surface area (Å²) in [5.74, 6) is 1.50. The molecule has 3 nitrogen and oxygen atoms in total. The summed E-state index contributed by atoms with van der Waals surface area (Å²) < 4.78 is 11.5. The van der Waals surface area contributed by atoms with Gasteiger partial charge in [0.2, 0.25) is 0 Å². The van der Waals surface area contributed by atoms with E-state index in [4.69, 9.17) is 9.47 Å². The first-order valence-corrected chi connectivity index (χ1v) is 7.30. The largest absolute Gasteiger partial charge is 0.490 e. The molecule has 1 aliphatic carbocycles. The predicted molar refractivity (Wildman–Crippen MR) is 75.8 cm³/mol. The second kappa shape index (κ2) is 6.80. The van der Waals surface area contributed by atoms with Gasteiger partial charge >= 0.3 is 0 Å². The van der Waals surface area contributed by atoms with Crippen LogP contribution in [0.3, 0.4) is 0 Å². The molecule has 0 aromatic heterocycles. The van der Waals surface area contributed by atoms with E-state index >= 15 is 0 Å². The lowest BCUT2D eigenvalue weighted by Crippen LogP contribution is -2.37. The maximum Gasteiger partial charge on any atom is 0.161 e. The zero-order valence-electron chi connectivity index (χ0n) is 11.7. The van der Waals surface area contributed by atoms with Crippen LogP contribution < -0.4 is 9.47 Å². The van der Waals surface area contributed by atoms with Crippen molar-refractivity contribution >= 4 is 0 Å². The van der Waals surface area contributed by atoms with Gasteiger partial charge in [0.1, 0.15) is 6.61 Å². The summed E-state index contributed by atoms with van der Waals surface area (Å²) in [6.45, 7) is 3.12. The van der Waals surface area contributed by atoms with E-state index in [1.807, 2.05) is 24.3 Å². The van der Waals surface area contributed by atoms with Crippen LogP contribution in [0.2, 0.25) is 0 Å². The Morgan fingerprint density at radius 3 is 2.32 bits per heavy atom. The third kappa shape index (κ3) is 4.13. The highest BCUT2D eigenvalue weighted by atomic mass is 16.5. The lowest BCUT2D eigenvalue weighted by molar-refractivity contribution is -0.0344. The molecule has 1 aromatic carbocycles. The summed E-state index contributed by atoms with van der Waals surface area (Å²) in [4.78, 5) is 0. The standard InChI is InChI=1S/C16H24O3/c1-2-12-18-14-8-4-5-9-15(14)19-13-16(17)10-6-3-7-11-16/h4-5,8-9,17H,2-3,6-7,10-13H2,1H3. The fraction of sp³-hybridized carbons (Fsp3) is 0.625. The minimum atomic E-state index is -0.657. The van der Waals surface area contributed by atoms with Crippen LogP contribution in [0, 0.1) is 0 Å². The van der Waals surface area contributed by atoms with Crippen molar-refractivity contribution in [3.8, 4) is 11.5 Å². The summed E-state index contributed by atoms with van der Waals surface area (Å²) in [5.41, 5.74) is -0.657. The molecule has 0 saturated heterocycles. The van der Waals surface area contributed by atoms with Crippen LogP contribution in [-0.2, 0) is 0 Å². The highest BCUT2D eigenvalue weighted by Gasteiger charge is 2.30. The minimum Gasteiger partial charge on any atom is -0.490 e. The van der Waals surface area contributed by atoms with Crippen LogP contribution >= 0.6 is 0 Å². The van der Waals surface area contributed by atoms with E-state index in [1.165, 1.54) is 6.42 Å². The SMILES string of the molecule is CCCOc1ccccc1OCC1(O)CCCCC1. The normalized spacial score (nSPS) is 18.0. The Kier molecular flexibility index (Phi) is 5.08. The number of rotatable bonds is 6. The van der Waals surface area contributed by atoms with Crippen molar-refractivity contribution in [3.63, 3.8) is 0 Å². The molecular weight excluding hydrogens is 240 g/mol. The van der Waals surface area contributed by atoms with E-state index in [1.54, 1.807) is 0 Å². The number of benzene rings is 1. The second-order valence-electron chi connectivity index (χ2n) is 5.37. The Hall–Kier alpha value is -1.22. The summed E-state index contributed by atoms with van der Waals surface area (Å²) in [5, 5.41) is 10.4. The molecule has 0 bridgehead atoms. The van der Waals surface area contributed by atoms with Crippen LogP contribution in [0.1, 0.15) is 45.4 Å². The Balaban J connectivity index is 1.94. The van der Waals surface area contributed by atoms with Crippen molar-refractivity contribution < 1.29 is 14.6 Å². The molecule has 0 spiro atoms. The van der Waals surface area contributed by atoms with Crippen molar-refractivity contribution in [1.82, 2.24) is 0 Å². The molecule has 106 valence electrons. The molecule has 0 heterocycles. The topological polar surface area (TPSA) is 38.7 Å². The highest BCUT2D eigenvalue weighted by molar-refractivity contribution is 5.39. The minimum absolute atomic E-state index is 0.361. The van der Waals surface area contributed by atoms with Gasteiger partial charge in [0.05, 0.1) is 12.2 Å². The third-order valence-electron chi connectivity index (χ3n) is 3.59. The number of hydrogen-bond acceptors (Lipinski definition) is 3. The van der Waals surface area contributed by atoms with Crippen LogP contribution in [0.25, 0.3) is 0 Å². The molecule has 0 atom stereocenters. The monoisotopic (exact) mass is 264 g/mol. The van der Waals surface area contributed by atoms with Crippen LogP contribution in [0.5, 0.6) is 11.5 Å². The Morgan fingerprint density at radius 1 is 1.05 bits per heavy atom. The molecule has 1 fully saturated rings. The van der Waals surface area contributed by atoms with Crippen LogP contribution in [0.15, 0.2) is 24.3 Å². The molecule has 1 N–H and O–H groups in total. The smallest absolute Gasteiger partial charge is 0.161 e. The van der Waals surface area contributed by atoms with Gasteiger partial charge in [0, 0.05) is 0 Å². The van der Waals surface area contributed by atoms with E-state index in [-0.39, 0.29) is 0 Å². The van der Waals surface area contributed by atoms with Crippen molar-refractivity contribution in [3.05, 3.63) is 24.3 Å². The van der Waals surface area contributed by atoms with Crippen LogP contribution in [0.4, 0.5) is 0 Å². The summed E-state index contributed by atoms with van der Waals surface area (Å²) in [7, 11) is 0. The predicted octanol–water partition coefficient (Wildman–Crippen LogP) is 3.55. The molecule has 1 aromatic rings. The zero-order valence-corrected chi connectivity index (χ0v) is 11.7. The van der Waals surface area contributed by atoms with Gasteiger partial charge in [-0.3, -0.25) is 0 Å². The van der Waals surface area contributed by atoms with Gasteiger partial charge in [-0.25, -0.2) is 0 Å².